The van der Waals surface area contributed by atoms with Gasteiger partial charge in [0.25, 0.3) is 23.4 Å². The summed E-state index contributed by atoms with van der Waals surface area (Å²) in [6.07, 6.45) is 6.29. The summed E-state index contributed by atoms with van der Waals surface area (Å²) in [5.74, 6) is -0.756. The van der Waals surface area contributed by atoms with Crippen LogP contribution in [-0.4, -0.2) is 92.5 Å². The summed E-state index contributed by atoms with van der Waals surface area (Å²) in [7, 11) is 5.43. The normalized spacial score (nSPS) is 14.1. The van der Waals surface area contributed by atoms with E-state index < -0.39 is 16.7 Å². The lowest BCUT2D eigenvalue weighted by molar-refractivity contribution is -0.384. The first kappa shape index (κ1) is 32.5. The van der Waals surface area contributed by atoms with Gasteiger partial charge in [-0.25, -0.2) is 0 Å². The van der Waals surface area contributed by atoms with Gasteiger partial charge < -0.3 is 39.5 Å². The van der Waals surface area contributed by atoms with E-state index in [0.717, 1.165) is 45.6 Å². The number of carbonyl (C=O) groups is 3. The molecule has 0 atom stereocenters. The lowest BCUT2D eigenvalue weighted by Crippen LogP contribution is -2.45. The number of hydrogen-bond donors (Lipinski definition) is 3. The van der Waals surface area contributed by atoms with E-state index in [2.05, 4.69) is 46.6 Å². The van der Waals surface area contributed by atoms with Gasteiger partial charge in [-0.3, -0.25) is 24.5 Å². The molecule has 0 unspecified atom stereocenters. The molecule has 0 aliphatic carbocycles. The number of aromatic nitrogens is 3. The average molecular weight is 610 g/mol. The monoisotopic (exact) mass is 609 g/mol. The summed E-state index contributed by atoms with van der Waals surface area (Å²) in [6, 6.07) is 4.41. The van der Waals surface area contributed by atoms with Crippen molar-refractivity contribution in [3.8, 4) is 0 Å². The third kappa shape index (κ3) is 8.35. The summed E-state index contributed by atoms with van der Waals surface area (Å²) >= 11 is 0. The summed E-state index contributed by atoms with van der Waals surface area (Å²) in [6.45, 7) is 10.4. The molecule has 1 aliphatic heterocycles. The fourth-order valence-corrected chi connectivity index (χ4v) is 5.14. The van der Waals surface area contributed by atoms with Gasteiger partial charge in [0.05, 0.1) is 22.5 Å². The maximum Gasteiger partial charge on any atom is 0.287 e. The Bertz CT molecular complexity index is 1490. The minimum atomic E-state index is -0.560. The van der Waals surface area contributed by atoms with Crippen LogP contribution in [0.3, 0.4) is 0 Å². The Morgan fingerprint density at radius 3 is 2.05 bits per heavy atom. The Morgan fingerprint density at radius 2 is 1.41 bits per heavy atom. The summed E-state index contributed by atoms with van der Waals surface area (Å²) in [5.41, 5.74) is 1.55. The predicted octanol–water partition coefficient (Wildman–Crippen LogP) is 2.99. The molecule has 14 nitrogen and oxygen atoms in total. The van der Waals surface area contributed by atoms with Gasteiger partial charge in [-0.05, 0) is 44.5 Å². The zero-order valence-electron chi connectivity index (χ0n) is 26.1. The van der Waals surface area contributed by atoms with Gasteiger partial charge in [0.15, 0.2) is 0 Å². The molecule has 238 valence electrons. The lowest BCUT2D eigenvalue weighted by Gasteiger charge is -2.32. The van der Waals surface area contributed by atoms with Crippen molar-refractivity contribution in [1.29, 1.82) is 0 Å². The Kier molecular flexibility index (Phi) is 10.6. The van der Waals surface area contributed by atoms with E-state index in [9.17, 15) is 24.5 Å². The number of nitro groups is 1. The first-order chi connectivity index (χ1) is 20.9. The van der Waals surface area contributed by atoms with Crippen molar-refractivity contribution in [2.75, 3.05) is 56.9 Å². The molecule has 4 heterocycles. The molecule has 1 saturated heterocycles. The van der Waals surface area contributed by atoms with Gasteiger partial charge in [-0.2, -0.15) is 0 Å². The summed E-state index contributed by atoms with van der Waals surface area (Å²) in [4.78, 5) is 54.5. The Morgan fingerprint density at radius 1 is 0.818 bits per heavy atom. The zero-order chi connectivity index (χ0) is 32.0. The highest BCUT2D eigenvalue weighted by Crippen LogP contribution is 2.22. The van der Waals surface area contributed by atoms with Crippen LogP contribution in [0.15, 0.2) is 36.8 Å². The van der Waals surface area contributed by atoms with Gasteiger partial charge >= 0.3 is 0 Å². The van der Waals surface area contributed by atoms with Crippen LogP contribution in [-0.2, 0) is 20.6 Å². The summed E-state index contributed by atoms with van der Waals surface area (Å²) in [5, 5.41) is 19.7. The first-order valence-electron chi connectivity index (χ1n) is 14.9. The molecule has 44 heavy (non-hydrogen) atoms. The number of rotatable bonds is 13. The van der Waals surface area contributed by atoms with Crippen LogP contribution >= 0.6 is 0 Å². The molecule has 0 radical (unpaired) electrons. The molecule has 0 spiro atoms. The lowest BCUT2D eigenvalue weighted by atomic mass is 10.1. The van der Waals surface area contributed by atoms with E-state index in [1.54, 1.807) is 47.8 Å². The molecule has 3 N–H and O–H groups in total. The molecule has 3 amide bonds. The number of aryl methyl sites for hydroxylation is 3. The number of anilines is 2. The number of nitrogens with zero attached hydrogens (tertiary/aromatic N) is 6. The topological polar surface area (TPSA) is 152 Å². The fraction of sp³-hybridized carbons (Fsp3) is 0.500. The second-order valence-electron chi connectivity index (χ2n) is 11.8. The predicted molar refractivity (Wildman–Crippen MR) is 168 cm³/mol. The minimum Gasteiger partial charge on any atom is -0.351 e. The molecule has 3 aromatic rings. The molecule has 0 saturated carbocycles. The number of nitrogens with one attached hydrogen (secondary N) is 3. The van der Waals surface area contributed by atoms with Crippen molar-refractivity contribution in [2.45, 2.75) is 33.2 Å². The highest BCUT2D eigenvalue weighted by Gasteiger charge is 2.21. The molecule has 0 aromatic carbocycles. The van der Waals surface area contributed by atoms with E-state index in [-0.39, 0.29) is 17.3 Å². The van der Waals surface area contributed by atoms with E-state index in [0.29, 0.717) is 41.8 Å². The standard InChI is InChI=1S/C30H43N9O5/c1-21(2)7-10-38-19-23(33-29(41)26-17-24(39(43)44)20-36(26)5)16-27(38)30(42)32-22-15-25(35(4)18-22)28(40)31-8-6-9-37-13-11-34(3)12-14-37/h15-21H,6-14H2,1-5H3,(H,31,40)(H,32,42)(H,33,41). The molecule has 1 aliphatic rings. The van der Waals surface area contributed by atoms with Crippen molar-refractivity contribution in [3.05, 3.63) is 64.0 Å². The van der Waals surface area contributed by atoms with Crippen LogP contribution in [0.25, 0.3) is 0 Å². The molecular formula is C30H43N9O5. The van der Waals surface area contributed by atoms with Crippen LogP contribution < -0.4 is 16.0 Å². The first-order valence-corrected chi connectivity index (χ1v) is 14.9. The molecule has 4 rings (SSSR count). The van der Waals surface area contributed by atoms with E-state index in [4.69, 9.17) is 0 Å². The van der Waals surface area contributed by atoms with Crippen LogP contribution in [0.4, 0.5) is 17.1 Å². The van der Waals surface area contributed by atoms with Gasteiger partial charge in [0, 0.05) is 71.8 Å². The second kappa shape index (κ2) is 14.4. The van der Waals surface area contributed by atoms with Crippen LogP contribution in [0.2, 0.25) is 0 Å². The van der Waals surface area contributed by atoms with Gasteiger partial charge in [0.2, 0.25) is 0 Å². The van der Waals surface area contributed by atoms with Crippen LogP contribution in [0.5, 0.6) is 0 Å². The zero-order valence-corrected chi connectivity index (χ0v) is 26.1. The smallest absolute Gasteiger partial charge is 0.287 e. The van der Waals surface area contributed by atoms with Crippen molar-refractivity contribution in [1.82, 2.24) is 28.8 Å². The number of amides is 3. The third-order valence-electron chi connectivity index (χ3n) is 7.80. The Hall–Kier alpha value is -4.43. The highest BCUT2D eigenvalue weighted by atomic mass is 16.6. The van der Waals surface area contributed by atoms with Gasteiger partial charge in [-0.1, -0.05) is 13.8 Å². The average Bonchev–Trinajstić information content (AvgIpc) is 3.67. The van der Waals surface area contributed by atoms with Gasteiger partial charge in [0.1, 0.15) is 17.1 Å². The van der Waals surface area contributed by atoms with Crippen LogP contribution in [0, 0.1) is 16.0 Å². The number of carbonyl (C=O) groups excluding carboxylic acids is 3. The van der Waals surface area contributed by atoms with Crippen LogP contribution in [0.1, 0.15) is 58.2 Å². The fourth-order valence-electron chi connectivity index (χ4n) is 5.14. The molecule has 0 bridgehead atoms. The summed E-state index contributed by atoms with van der Waals surface area (Å²) < 4.78 is 4.83. The van der Waals surface area contributed by atoms with Crippen molar-refractivity contribution < 1.29 is 19.3 Å². The number of piperazine rings is 1. The van der Waals surface area contributed by atoms with Crippen molar-refractivity contribution in [2.24, 2.45) is 20.0 Å². The minimum absolute atomic E-state index is 0.118. The van der Waals surface area contributed by atoms with E-state index in [1.807, 2.05) is 0 Å². The maximum absolute atomic E-state index is 13.4. The van der Waals surface area contributed by atoms with Gasteiger partial charge in [-0.15, -0.1) is 0 Å². The quantitative estimate of drug-likeness (QED) is 0.153. The largest absolute Gasteiger partial charge is 0.351 e. The Labute approximate surface area is 257 Å². The molecule has 1 fully saturated rings. The van der Waals surface area contributed by atoms with E-state index in [1.165, 1.54) is 16.8 Å². The van der Waals surface area contributed by atoms with Crippen molar-refractivity contribution >= 4 is 34.8 Å². The number of likely N-dealkylation sites (N-methyl/N-ethyl adjacent to an activating group) is 1. The SMILES string of the molecule is CC(C)CCn1cc(NC(=O)c2cc([N+](=O)[O-])cn2C)cc1C(=O)Nc1cc(C(=O)NCCCN2CCN(C)CC2)n(C)c1. The number of hydrogen-bond acceptors (Lipinski definition) is 7. The van der Waals surface area contributed by atoms with E-state index >= 15 is 0 Å². The molecular weight excluding hydrogens is 566 g/mol. The molecule has 14 heteroatoms. The maximum atomic E-state index is 13.4. The van der Waals surface area contributed by atoms with Crippen molar-refractivity contribution in [3.63, 3.8) is 0 Å². The Balaban J connectivity index is 1.39. The third-order valence-corrected chi connectivity index (χ3v) is 7.80. The highest BCUT2D eigenvalue weighted by molar-refractivity contribution is 6.07. The molecule has 3 aromatic heterocycles. The second-order valence-corrected chi connectivity index (χ2v) is 11.8.